The minimum atomic E-state index is -1.57. The lowest BCUT2D eigenvalue weighted by Gasteiger charge is -2.39. The Hall–Kier alpha value is -4.14. The number of rotatable bonds is 5. The molecule has 42 heavy (non-hydrogen) atoms. The molecule has 9 nitrogen and oxygen atoms in total. The Bertz CT molecular complexity index is 1740. The molecule has 4 N–H and O–H groups in total. The average molecular weight is 584 g/mol. The highest BCUT2D eigenvalue weighted by molar-refractivity contribution is 6.83. The van der Waals surface area contributed by atoms with Gasteiger partial charge in [0.25, 0.3) is 0 Å². The van der Waals surface area contributed by atoms with Crippen LogP contribution in [-0.4, -0.2) is 48.1 Å². The van der Waals surface area contributed by atoms with Crippen LogP contribution in [0.2, 0.25) is 19.6 Å². The maximum Gasteiger partial charge on any atom is 0.231 e. The van der Waals surface area contributed by atoms with Gasteiger partial charge in [-0.3, -0.25) is 5.10 Å². The number of aromatic amines is 1. The standard InChI is InChI=1S/C31H34FN7O2Si/c1-42(2,3)15-10-19-4-8-23-22(16-19)28(35-29-26(32)27(37-38-29)20-5-6-20)36-30(34-23)39-13-11-31(33,12-14-39)21-7-9-24-25(17-21)41-18-40-24/h4,7-9,16-17,20H,5-6,11-14,18,33H2,1-3H3,(H2,34,35,36,37,38). The summed E-state index contributed by atoms with van der Waals surface area (Å²) in [7, 11) is -1.57. The third-order valence-corrected chi connectivity index (χ3v) is 8.98. The molecule has 1 saturated heterocycles. The van der Waals surface area contributed by atoms with Crippen LogP contribution in [0.1, 0.15) is 48.4 Å². The fraction of sp³-hybridized carbons (Fsp3) is 0.387. The van der Waals surface area contributed by atoms with E-state index in [4.69, 9.17) is 25.2 Å². The molecule has 0 amide bonds. The second-order valence-electron chi connectivity index (χ2n) is 12.5. The number of fused-ring (bicyclic) bond motifs is 2. The Kier molecular flexibility index (Phi) is 6.36. The van der Waals surface area contributed by atoms with Crippen LogP contribution in [0.3, 0.4) is 0 Å². The molecule has 0 radical (unpaired) electrons. The highest BCUT2D eigenvalue weighted by Gasteiger charge is 2.35. The van der Waals surface area contributed by atoms with Crippen LogP contribution >= 0.6 is 0 Å². The molecule has 0 spiro atoms. The van der Waals surface area contributed by atoms with Crippen molar-refractivity contribution in [3.8, 4) is 23.0 Å². The summed E-state index contributed by atoms with van der Waals surface area (Å²) in [6.45, 7) is 8.19. The zero-order valence-electron chi connectivity index (χ0n) is 24.1. The SMILES string of the molecule is C[Si](C)(C)C#Cc1ccc2nc(N3CCC(N)(c4ccc5c(c4)OCO5)CC3)nc(Nc3n[nH]c(C4CC4)c3F)c2c1. The van der Waals surface area contributed by atoms with E-state index in [1.165, 1.54) is 0 Å². The van der Waals surface area contributed by atoms with Crippen LogP contribution in [0.5, 0.6) is 11.5 Å². The van der Waals surface area contributed by atoms with Crippen molar-refractivity contribution < 1.29 is 13.9 Å². The number of nitrogens with one attached hydrogen (secondary N) is 2. The molecule has 2 aliphatic heterocycles. The number of piperidine rings is 1. The minimum Gasteiger partial charge on any atom is -0.454 e. The normalized spacial score (nSPS) is 17.7. The Morgan fingerprint density at radius 3 is 2.60 bits per heavy atom. The van der Waals surface area contributed by atoms with Gasteiger partial charge in [0, 0.05) is 35.5 Å². The molecule has 4 aromatic rings. The fourth-order valence-corrected chi connectivity index (χ4v) is 5.99. The summed E-state index contributed by atoms with van der Waals surface area (Å²) in [5.41, 5.74) is 13.0. The first kappa shape index (κ1) is 26.7. The van der Waals surface area contributed by atoms with Gasteiger partial charge in [0.2, 0.25) is 12.7 Å². The van der Waals surface area contributed by atoms with Gasteiger partial charge < -0.3 is 25.4 Å². The van der Waals surface area contributed by atoms with Gasteiger partial charge >= 0.3 is 0 Å². The number of anilines is 3. The number of nitrogens with zero attached hydrogens (tertiary/aromatic N) is 4. The van der Waals surface area contributed by atoms with Crippen molar-refractivity contribution in [2.24, 2.45) is 5.73 Å². The Morgan fingerprint density at radius 2 is 1.83 bits per heavy atom. The van der Waals surface area contributed by atoms with Gasteiger partial charge in [-0.25, -0.2) is 9.37 Å². The van der Waals surface area contributed by atoms with E-state index >= 15 is 4.39 Å². The van der Waals surface area contributed by atoms with Crippen molar-refractivity contribution in [3.05, 3.63) is 59.0 Å². The van der Waals surface area contributed by atoms with Gasteiger partial charge in [0.15, 0.2) is 23.1 Å². The van der Waals surface area contributed by atoms with Crippen LogP contribution in [-0.2, 0) is 5.54 Å². The molecule has 1 saturated carbocycles. The predicted molar refractivity (Wildman–Crippen MR) is 163 cm³/mol. The lowest BCUT2D eigenvalue weighted by molar-refractivity contribution is 0.174. The largest absolute Gasteiger partial charge is 0.454 e. The number of hydrogen-bond donors (Lipinski definition) is 3. The number of aromatic nitrogens is 4. The molecule has 1 aliphatic carbocycles. The van der Waals surface area contributed by atoms with E-state index in [-0.39, 0.29) is 24.3 Å². The van der Waals surface area contributed by atoms with Crippen LogP contribution in [0.4, 0.5) is 22.0 Å². The van der Waals surface area contributed by atoms with Crippen LogP contribution < -0.4 is 25.4 Å². The molecule has 0 atom stereocenters. The molecule has 2 aromatic carbocycles. The second-order valence-corrected chi connectivity index (χ2v) is 17.3. The molecule has 0 bridgehead atoms. The summed E-state index contributed by atoms with van der Waals surface area (Å²) in [5.74, 6) is 5.87. The number of ether oxygens (including phenoxy) is 2. The summed E-state index contributed by atoms with van der Waals surface area (Å²) in [5, 5.41) is 11.1. The number of hydrogen-bond acceptors (Lipinski definition) is 8. The first-order chi connectivity index (χ1) is 20.1. The van der Waals surface area contributed by atoms with Gasteiger partial charge in [-0.2, -0.15) is 10.1 Å². The summed E-state index contributed by atoms with van der Waals surface area (Å²) < 4.78 is 26.3. The van der Waals surface area contributed by atoms with E-state index in [1.54, 1.807) is 0 Å². The van der Waals surface area contributed by atoms with E-state index in [9.17, 15) is 0 Å². The quantitative estimate of drug-likeness (QED) is 0.208. The summed E-state index contributed by atoms with van der Waals surface area (Å²) in [4.78, 5) is 12.0. The lowest BCUT2D eigenvalue weighted by Crippen LogP contribution is -2.48. The topological polar surface area (TPSA) is 114 Å². The van der Waals surface area contributed by atoms with E-state index in [2.05, 4.69) is 51.5 Å². The van der Waals surface area contributed by atoms with Gasteiger partial charge in [0.05, 0.1) is 11.2 Å². The predicted octanol–water partition coefficient (Wildman–Crippen LogP) is 5.53. The van der Waals surface area contributed by atoms with Gasteiger partial charge in [-0.05, 0) is 61.6 Å². The van der Waals surface area contributed by atoms with Crippen molar-refractivity contribution in [2.75, 3.05) is 30.1 Å². The molecule has 3 aliphatic rings. The Balaban J connectivity index is 1.20. The van der Waals surface area contributed by atoms with E-state index in [0.717, 1.165) is 46.4 Å². The summed E-state index contributed by atoms with van der Waals surface area (Å²) in [6.07, 6.45) is 3.37. The molecular weight excluding hydrogens is 549 g/mol. The molecule has 0 unspecified atom stereocenters. The smallest absolute Gasteiger partial charge is 0.231 e. The first-order valence-electron chi connectivity index (χ1n) is 14.4. The maximum atomic E-state index is 15.3. The molecule has 216 valence electrons. The van der Waals surface area contributed by atoms with Crippen LogP contribution in [0.25, 0.3) is 10.9 Å². The zero-order valence-corrected chi connectivity index (χ0v) is 25.1. The van der Waals surface area contributed by atoms with E-state index < -0.39 is 13.6 Å². The molecule has 11 heteroatoms. The zero-order chi connectivity index (χ0) is 29.1. The molecule has 2 fully saturated rings. The van der Waals surface area contributed by atoms with Crippen molar-refractivity contribution in [1.82, 2.24) is 20.2 Å². The number of nitrogens with two attached hydrogens (primary N) is 1. The number of halogens is 1. The fourth-order valence-electron chi connectivity index (χ4n) is 5.47. The van der Waals surface area contributed by atoms with Gasteiger partial charge in [-0.15, -0.1) is 5.54 Å². The average Bonchev–Trinajstić information content (AvgIpc) is 3.59. The highest BCUT2D eigenvalue weighted by Crippen LogP contribution is 2.42. The van der Waals surface area contributed by atoms with Crippen molar-refractivity contribution >= 4 is 36.6 Å². The third-order valence-electron chi connectivity index (χ3n) is 8.11. The van der Waals surface area contributed by atoms with Gasteiger partial charge in [-0.1, -0.05) is 31.6 Å². The molecule has 2 aromatic heterocycles. The van der Waals surface area contributed by atoms with Gasteiger partial charge in [0.1, 0.15) is 13.9 Å². The van der Waals surface area contributed by atoms with Crippen molar-refractivity contribution in [3.63, 3.8) is 0 Å². The Labute approximate surface area is 245 Å². The monoisotopic (exact) mass is 583 g/mol. The third kappa shape index (κ3) is 5.16. The Morgan fingerprint density at radius 1 is 1.05 bits per heavy atom. The summed E-state index contributed by atoms with van der Waals surface area (Å²) >= 11 is 0. The molecular formula is C31H34FN7O2Si. The van der Waals surface area contributed by atoms with Crippen LogP contribution in [0.15, 0.2) is 36.4 Å². The first-order valence-corrected chi connectivity index (χ1v) is 17.9. The number of H-pyrrole nitrogens is 1. The molecule has 7 rings (SSSR count). The lowest BCUT2D eigenvalue weighted by atomic mass is 9.82. The minimum absolute atomic E-state index is 0.142. The van der Waals surface area contributed by atoms with E-state index in [0.29, 0.717) is 43.4 Å². The maximum absolute atomic E-state index is 15.3. The summed E-state index contributed by atoms with van der Waals surface area (Å²) in [6, 6.07) is 11.9. The van der Waals surface area contributed by atoms with Crippen molar-refractivity contribution in [1.29, 1.82) is 0 Å². The van der Waals surface area contributed by atoms with Crippen molar-refractivity contribution in [2.45, 2.75) is 56.8 Å². The van der Waals surface area contributed by atoms with E-state index in [1.807, 2.05) is 36.4 Å². The highest BCUT2D eigenvalue weighted by atomic mass is 28.3. The molecule has 4 heterocycles. The van der Waals surface area contributed by atoms with Crippen LogP contribution in [0, 0.1) is 17.3 Å². The number of benzene rings is 2. The second kappa shape index (κ2) is 9.99.